The highest BCUT2D eigenvalue weighted by atomic mass is 79.9. The van der Waals surface area contributed by atoms with Gasteiger partial charge in [0.15, 0.2) is 0 Å². The second kappa shape index (κ2) is 15.7. The molecule has 0 fully saturated rings. The van der Waals surface area contributed by atoms with E-state index in [2.05, 4.69) is 11.5 Å². The van der Waals surface area contributed by atoms with Gasteiger partial charge in [-0.2, -0.15) is 0 Å². The fraction of sp³-hybridized carbons (Fsp3) is 1.00. The van der Waals surface area contributed by atoms with Crippen LogP contribution < -0.4 is 45.4 Å². The second-order valence-electron chi connectivity index (χ2n) is 1.41. The van der Waals surface area contributed by atoms with Gasteiger partial charge in [0.05, 0.1) is 13.1 Å². The maximum Gasteiger partial charge on any atom is 0.0742 e. The van der Waals surface area contributed by atoms with E-state index < -0.39 is 0 Å². The van der Waals surface area contributed by atoms with Gasteiger partial charge in [0.25, 0.3) is 0 Å². The number of hydrogen-bond donors (Lipinski definition) is 2. The first kappa shape index (κ1) is 15.9. The van der Waals surface area contributed by atoms with Gasteiger partial charge >= 0.3 is 0 Å². The van der Waals surface area contributed by atoms with E-state index in [9.17, 15) is 0 Å². The summed E-state index contributed by atoms with van der Waals surface area (Å²) in [5.41, 5.74) is 7.39. The van der Waals surface area contributed by atoms with Crippen molar-refractivity contribution < 1.29 is 45.4 Å². The maximum absolute atomic E-state index is 3.70. The second-order valence-corrected chi connectivity index (χ2v) is 1.41. The molecule has 8 heavy (non-hydrogen) atoms. The molecule has 54 valence electrons. The van der Waals surface area contributed by atoms with Crippen molar-refractivity contribution in [3.05, 3.63) is 0 Å². The molecule has 0 spiro atoms. The van der Waals surface area contributed by atoms with E-state index in [0.717, 1.165) is 13.1 Å². The van der Waals surface area contributed by atoms with Gasteiger partial charge in [-0.05, 0) is 0 Å². The van der Waals surface area contributed by atoms with Gasteiger partial charge in [0.2, 0.25) is 0 Å². The first-order valence-corrected chi connectivity index (χ1v) is 2.50. The topological polar surface area (TPSA) is 55.3 Å². The minimum Gasteiger partial charge on any atom is -1.00 e. The van der Waals surface area contributed by atoms with Gasteiger partial charge in [-0.15, -0.1) is 0 Å². The maximum atomic E-state index is 3.70. The summed E-state index contributed by atoms with van der Waals surface area (Å²) < 4.78 is 0. The molecule has 4 heteroatoms. The summed E-state index contributed by atoms with van der Waals surface area (Å²) in [6.45, 7) is 2.13. The predicted octanol–water partition coefficient (Wildman–Crippen LogP) is -7.74. The fourth-order valence-corrected chi connectivity index (χ4v) is 0.354. The smallest absolute Gasteiger partial charge is 0.0742 e. The Kier molecular flexibility index (Phi) is 31.2. The molecule has 0 aliphatic carbocycles. The van der Waals surface area contributed by atoms with Crippen molar-refractivity contribution in [3.8, 4) is 0 Å². The van der Waals surface area contributed by atoms with Gasteiger partial charge in [-0.1, -0.05) is 0 Å². The van der Waals surface area contributed by atoms with Crippen LogP contribution in [0.3, 0.4) is 0 Å². The van der Waals surface area contributed by atoms with E-state index in [1.807, 2.05) is 0 Å². The van der Waals surface area contributed by atoms with Crippen molar-refractivity contribution in [2.24, 2.45) is 0 Å². The molecule has 0 amide bonds. The molecule has 0 aromatic rings. The summed E-state index contributed by atoms with van der Waals surface area (Å²) in [5, 5.41) is 0. The van der Waals surface area contributed by atoms with Crippen molar-refractivity contribution in [2.45, 2.75) is 12.8 Å². The Morgan fingerprint density at radius 2 is 1.00 bits per heavy atom. The molecule has 6 N–H and O–H groups in total. The summed E-state index contributed by atoms with van der Waals surface area (Å²) in [7, 11) is 0. The lowest BCUT2D eigenvalue weighted by molar-refractivity contribution is -0.384. The monoisotopic (exact) mass is 248 g/mol. The molecule has 0 rings (SSSR count). The quantitative estimate of drug-likeness (QED) is 0.467. The molecule has 0 saturated carbocycles. The van der Waals surface area contributed by atoms with Crippen molar-refractivity contribution in [1.29, 1.82) is 0 Å². The highest BCUT2D eigenvalue weighted by molar-refractivity contribution is 4.28. The molecule has 0 bridgehead atoms. The van der Waals surface area contributed by atoms with Crippen molar-refractivity contribution in [1.82, 2.24) is 0 Å². The number of hydrogen-bond acceptors (Lipinski definition) is 0. The number of quaternary nitrogens is 2. The van der Waals surface area contributed by atoms with Crippen LogP contribution in [0.1, 0.15) is 12.8 Å². The lowest BCUT2D eigenvalue weighted by Gasteiger charge is -1.82. The highest BCUT2D eigenvalue weighted by Crippen LogP contribution is 1.74. The van der Waals surface area contributed by atoms with E-state index in [0.29, 0.717) is 0 Å². The fourth-order valence-electron chi connectivity index (χ4n) is 0.354. The van der Waals surface area contributed by atoms with E-state index in [1.165, 1.54) is 12.8 Å². The molecule has 0 aliphatic heterocycles. The van der Waals surface area contributed by atoms with E-state index in [1.54, 1.807) is 0 Å². The molecule has 0 aromatic heterocycles. The standard InChI is InChI=1S/C4H12N2.2BrH/c5-3-1-2-4-6;;/h1-6H2;2*1H. The Balaban J connectivity index is -0.000000125. The van der Waals surface area contributed by atoms with Crippen LogP contribution in [0.25, 0.3) is 0 Å². The summed E-state index contributed by atoms with van der Waals surface area (Å²) in [6, 6.07) is 0. The molecular weight excluding hydrogens is 236 g/mol. The minimum absolute atomic E-state index is 0. The Hall–Kier alpha value is 0.880. The summed E-state index contributed by atoms with van der Waals surface area (Å²) in [6.07, 6.45) is 2.48. The van der Waals surface area contributed by atoms with Gasteiger partial charge in [-0.3, -0.25) is 0 Å². The highest BCUT2D eigenvalue weighted by Gasteiger charge is 1.80. The number of rotatable bonds is 3. The molecule has 0 aromatic carbocycles. The Bertz CT molecular complexity index is 24.0. The van der Waals surface area contributed by atoms with Crippen LogP contribution in [-0.4, -0.2) is 13.1 Å². The van der Waals surface area contributed by atoms with Crippen LogP contribution in [-0.2, 0) is 0 Å². The van der Waals surface area contributed by atoms with E-state index in [4.69, 9.17) is 0 Å². The van der Waals surface area contributed by atoms with E-state index in [-0.39, 0.29) is 34.0 Å². The van der Waals surface area contributed by atoms with Gasteiger partial charge in [0, 0.05) is 12.8 Å². The van der Waals surface area contributed by atoms with Crippen molar-refractivity contribution in [2.75, 3.05) is 13.1 Å². The van der Waals surface area contributed by atoms with Crippen molar-refractivity contribution in [3.63, 3.8) is 0 Å². The lowest BCUT2D eigenvalue weighted by atomic mass is 10.3. The Labute approximate surface area is 71.5 Å². The van der Waals surface area contributed by atoms with Crippen LogP contribution >= 0.6 is 0 Å². The third-order valence-corrected chi connectivity index (χ3v) is 0.750. The minimum atomic E-state index is 0. The average Bonchev–Trinajstić information content (AvgIpc) is 1.61. The molecular formula is C4H14Br2N2. The zero-order valence-electron chi connectivity index (χ0n) is 5.00. The molecule has 0 saturated heterocycles. The molecule has 2 nitrogen and oxygen atoms in total. The van der Waals surface area contributed by atoms with E-state index >= 15 is 0 Å². The van der Waals surface area contributed by atoms with Crippen LogP contribution in [0.4, 0.5) is 0 Å². The SMILES string of the molecule is [Br-].[Br-].[NH3+]CCCC[NH3+]. The average molecular weight is 250 g/mol. The largest absolute Gasteiger partial charge is 1.00 e. The number of unbranched alkanes of at least 4 members (excludes halogenated alkanes) is 1. The summed E-state index contributed by atoms with van der Waals surface area (Å²) in [5.74, 6) is 0. The third-order valence-electron chi connectivity index (χ3n) is 0.750. The zero-order chi connectivity index (χ0) is 4.83. The van der Waals surface area contributed by atoms with Crippen LogP contribution in [0.5, 0.6) is 0 Å². The Morgan fingerprint density at radius 1 is 0.750 bits per heavy atom. The lowest BCUT2D eigenvalue weighted by Crippen LogP contribution is -3.00. The Morgan fingerprint density at radius 3 is 1.12 bits per heavy atom. The van der Waals surface area contributed by atoms with Crippen molar-refractivity contribution >= 4 is 0 Å². The molecule has 0 aliphatic rings. The normalized spacial score (nSPS) is 6.75. The van der Waals surface area contributed by atoms with Crippen LogP contribution in [0, 0.1) is 0 Å². The van der Waals surface area contributed by atoms with Gasteiger partial charge in [-0.25, -0.2) is 0 Å². The van der Waals surface area contributed by atoms with Gasteiger partial charge in [0.1, 0.15) is 0 Å². The molecule has 0 atom stereocenters. The number of halogens is 2. The third kappa shape index (κ3) is 15.8. The first-order chi connectivity index (χ1) is 2.91. The molecule has 0 radical (unpaired) electrons. The van der Waals surface area contributed by atoms with Crippen LogP contribution in [0.15, 0.2) is 0 Å². The predicted molar refractivity (Wildman–Crippen MR) is 24.7 cm³/mol. The molecule has 0 heterocycles. The van der Waals surface area contributed by atoms with Gasteiger partial charge < -0.3 is 45.4 Å². The first-order valence-electron chi connectivity index (χ1n) is 2.50. The summed E-state index contributed by atoms with van der Waals surface area (Å²) >= 11 is 0. The van der Waals surface area contributed by atoms with Crippen LogP contribution in [0.2, 0.25) is 0 Å². The zero-order valence-corrected chi connectivity index (χ0v) is 8.17. The molecule has 0 unspecified atom stereocenters. The summed E-state index contributed by atoms with van der Waals surface area (Å²) in [4.78, 5) is 0.